The Morgan fingerprint density at radius 3 is 2.84 bits per heavy atom. The van der Waals surface area contributed by atoms with Crippen LogP contribution in [-0.4, -0.2) is 36.0 Å². The van der Waals surface area contributed by atoms with Gasteiger partial charge in [0.25, 0.3) is 0 Å². The fraction of sp³-hybridized carbons (Fsp3) is 0.933. The molecular formula is C15H22O4. The van der Waals surface area contributed by atoms with E-state index in [1.165, 1.54) is 0 Å². The predicted octanol–water partition coefficient (Wildman–Crippen LogP) is 2.05. The van der Waals surface area contributed by atoms with Crippen molar-refractivity contribution in [2.24, 2.45) is 11.8 Å². The molecule has 7 unspecified atom stereocenters. The van der Waals surface area contributed by atoms with E-state index >= 15 is 0 Å². The highest BCUT2D eigenvalue weighted by Crippen LogP contribution is 2.48. The Hall–Kier alpha value is -0.610. The summed E-state index contributed by atoms with van der Waals surface area (Å²) in [5.74, 6) is 0.426. The highest BCUT2D eigenvalue weighted by molar-refractivity contribution is 5.73. The van der Waals surface area contributed by atoms with Crippen molar-refractivity contribution in [3.05, 3.63) is 0 Å². The topological polar surface area (TPSA) is 51.4 Å². The predicted molar refractivity (Wildman–Crippen MR) is 67.6 cm³/mol. The van der Waals surface area contributed by atoms with Crippen molar-refractivity contribution >= 4 is 5.97 Å². The molecule has 2 saturated heterocycles. The van der Waals surface area contributed by atoms with Gasteiger partial charge in [-0.15, -0.1) is 0 Å². The summed E-state index contributed by atoms with van der Waals surface area (Å²) >= 11 is 0. The third-order valence-corrected chi connectivity index (χ3v) is 5.53. The lowest BCUT2D eigenvalue weighted by molar-refractivity contribution is -0.158. The standard InChI is InChI=1S/C15H22O4/c1-8-5-11-12(18-11)7-10(8)14(16)17-9-3-4-15(2)13(6-9)19-15/h8-13H,3-7H2,1-2H3. The zero-order valence-electron chi connectivity index (χ0n) is 11.6. The number of fused-ring (bicyclic) bond motifs is 2. The van der Waals surface area contributed by atoms with Crippen molar-refractivity contribution in [2.75, 3.05) is 0 Å². The molecule has 106 valence electrons. The van der Waals surface area contributed by atoms with Crippen molar-refractivity contribution < 1.29 is 19.0 Å². The van der Waals surface area contributed by atoms with Gasteiger partial charge in [-0.1, -0.05) is 6.92 Å². The maximum absolute atomic E-state index is 12.3. The normalized spacial score (nSPS) is 54.8. The quantitative estimate of drug-likeness (QED) is 0.567. The first-order valence-corrected chi connectivity index (χ1v) is 7.59. The molecule has 0 aromatic carbocycles. The van der Waals surface area contributed by atoms with E-state index in [9.17, 15) is 4.79 Å². The first kappa shape index (κ1) is 12.2. The minimum absolute atomic E-state index is 0.00398. The molecule has 4 nitrogen and oxygen atoms in total. The highest BCUT2D eigenvalue weighted by Gasteiger charge is 2.56. The Labute approximate surface area is 113 Å². The van der Waals surface area contributed by atoms with E-state index in [2.05, 4.69) is 13.8 Å². The molecule has 2 aliphatic carbocycles. The Morgan fingerprint density at radius 2 is 2.05 bits per heavy atom. The molecule has 2 heterocycles. The fourth-order valence-corrected chi connectivity index (χ4v) is 3.91. The third-order valence-electron chi connectivity index (χ3n) is 5.53. The van der Waals surface area contributed by atoms with E-state index in [4.69, 9.17) is 14.2 Å². The van der Waals surface area contributed by atoms with Crippen LogP contribution in [0.3, 0.4) is 0 Å². The molecule has 19 heavy (non-hydrogen) atoms. The van der Waals surface area contributed by atoms with Gasteiger partial charge in [0.1, 0.15) is 6.10 Å². The molecule has 4 fully saturated rings. The summed E-state index contributed by atoms with van der Waals surface area (Å²) in [4.78, 5) is 12.3. The highest BCUT2D eigenvalue weighted by atomic mass is 16.6. The van der Waals surface area contributed by atoms with Gasteiger partial charge in [0, 0.05) is 6.42 Å². The number of hydrogen-bond donors (Lipinski definition) is 0. The van der Waals surface area contributed by atoms with Gasteiger partial charge < -0.3 is 14.2 Å². The number of carbonyl (C=O) groups excluding carboxylic acids is 1. The largest absolute Gasteiger partial charge is 0.462 e. The second-order valence-electron chi connectivity index (χ2n) is 7.02. The van der Waals surface area contributed by atoms with Gasteiger partial charge in [-0.3, -0.25) is 4.79 Å². The van der Waals surface area contributed by atoms with Crippen molar-refractivity contribution in [1.82, 2.24) is 0 Å². The molecule has 0 amide bonds. The van der Waals surface area contributed by atoms with Gasteiger partial charge in [-0.05, 0) is 38.5 Å². The Kier molecular flexibility index (Phi) is 2.53. The molecule has 0 bridgehead atoms. The number of esters is 1. The summed E-state index contributed by atoms with van der Waals surface area (Å²) in [6, 6.07) is 0. The smallest absolute Gasteiger partial charge is 0.309 e. The maximum Gasteiger partial charge on any atom is 0.309 e. The summed E-state index contributed by atoms with van der Waals surface area (Å²) in [6.45, 7) is 4.30. The molecule has 0 N–H and O–H groups in total. The number of ether oxygens (including phenoxy) is 3. The first-order chi connectivity index (χ1) is 9.05. The minimum atomic E-state index is -0.00398. The van der Waals surface area contributed by atoms with Gasteiger partial charge in [-0.2, -0.15) is 0 Å². The molecule has 0 spiro atoms. The summed E-state index contributed by atoms with van der Waals surface area (Å²) in [7, 11) is 0. The SMILES string of the molecule is CC1CC2OC2CC1C(=O)OC1CCC2(C)OC2C1. The van der Waals surface area contributed by atoms with Crippen molar-refractivity contribution in [1.29, 1.82) is 0 Å². The van der Waals surface area contributed by atoms with Crippen molar-refractivity contribution in [3.8, 4) is 0 Å². The van der Waals surface area contributed by atoms with E-state index in [0.717, 1.165) is 32.1 Å². The summed E-state index contributed by atoms with van der Waals surface area (Å²) in [5, 5.41) is 0. The maximum atomic E-state index is 12.3. The van der Waals surface area contributed by atoms with Crippen LogP contribution in [0.5, 0.6) is 0 Å². The fourth-order valence-electron chi connectivity index (χ4n) is 3.91. The van der Waals surface area contributed by atoms with Crippen LogP contribution in [0.15, 0.2) is 0 Å². The Morgan fingerprint density at radius 1 is 1.26 bits per heavy atom. The van der Waals surface area contributed by atoms with Gasteiger partial charge in [0.15, 0.2) is 0 Å². The van der Waals surface area contributed by atoms with Gasteiger partial charge in [0.2, 0.25) is 0 Å². The van der Waals surface area contributed by atoms with Gasteiger partial charge in [0.05, 0.1) is 29.8 Å². The Bertz CT molecular complexity index is 409. The summed E-state index contributed by atoms with van der Waals surface area (Å²) < 4.78 is 16.9. The summed E-state index contributed by atoms with van der Waals surface area (Å²) in [6.07, 6.45) is 5.85. The van der Waals surface area contributed by atoms with Crippen LogP contribution in [0.25, 0.3) is 0 Å². The van der Waals surface area contributed by atoms with E-state index in [1.807, 2.05) is 0 Å². The number of hydrogen-bond acceptors (Lipinski definition) is 4. The molecule has 4 heteroatoms. The number of carbonyl (C=O) groups is 1. The summed E-state index contributed by atoms with van der Waals surface area (Å²) in [5.41, 5.74) is 0.0934. The second-order valence-corrected chi connectivity index (χ2v) is 7.02. The molecular weight excluding hydrogens is 244 g/mol. The molecule has 7 atom stereocenters. The lowest BCUT2D eigenvalue weighted by Gasteiger charge is -2.28. The van der Waals surface area contributed by atoms with E-state index < -0.39 is 0 Å². The lowest BCUT2D eigenvalue weighted by atomic mass is 9.80. The molecule has 0 aromatic heterocycles. The van der Waals surface area contributed by atoms with Crippen LogP contribution in [0.2, 0.25) is 0 Å². The molecule has 2 saturated carbocycles. The molecule has 4 aliphatic rings. The van der Waals surface area contributed by atoms with E-state index in [-0.39, 0.29) is 23.6 Å². The monoisotopic (exact) mass is 266 g/mol. The van der Waals surface area contributed by atoms with E-state index in [0.29, 0.717) is 24.2 Å². The second kappa shape index (κ2) is 3.95. The number of rotatable bonds is 2. The van der Waals surface area contributed by atoms with Crippen LogP contribution in [0.1, 0.15) is 46.0 Å². The third kappa shape index (κ3) is 2.09. The van der Waals surface area contributed by atoms with Gasteiger partial charge >= 0.3 is 5.97 Å². The first-order valence-electron chi connectivity index (χ1n) is 7.59. The molecule has 2 aliphatic heterocycles. The average molecular weight is 266 g/mol. The van der Waals surface area contributed by atoms with Crippen LogP contribution < -0.4 is 0 Å². The minimum Gasteiger partial charge on any atom is -0.462 e. The van der Waals surface area contributed by atoms with Crippen LogP contribution in [0.4, 0.5) is 0 Å². The molecule has 4 rings (SSSR count). The number of epoxide rings is 2. The zero-order chi connectivity index (χ0) is 13.2. The van der Waals surface area contributed by atoms with Crippen LogP contribution >= 0.6 is 0 Å². The van der Waals surface area contributed by atoms with E-state index in [1.54, 1.807) is 0 Å². The average Bonchev–Trinajstić information content (AvgIpc) is 3.22. The molecule has 0 radical (unpaired) electrons. The van der Waals surface area contributed by atoms with Crippen molar-refractivity contribution in [2.45, 2.75) is 76.0 Å². The van der Waals surface area contributed by atoms with Crippen LogP contribution in [-0.2, 0) is 19.0 Å². The van der Waals surface area contributed by atoms with Gasteiger partial charge in [-0.25, -0.2) is 0 Å². The Balaban J connectivity index is 1.33. The van der Waals surface area contributed by atoms with Crippen molar-refractivity contribution in [3.63, 3.8) is 0 Å². The molecule has 0 aromatic rings. The van der Waals surface area contributed by atoms with Crippen LogP contribution in [0, 0.1) is 11.8 Å². The lowest BCUT2D eigenvalue weighted by Crippen LogP contribution is -2.35. The zero-order valence-corrected chi connectivity index (χ0v) is 11.6.